The molecule has 0 fully saturated rings. The summed E-state index contributed by atoms with van der Waals surface area (Å²) < 4.78 is 0. The fraction of sp³-hybridized carbons (Fsp3) is 0.211. The van der Waals surface area contributed by atoms with Crippen LogP contribution in [0.4, 0.5) is 11.5 Å². The van der Waals surface area contributed by atoms with Crippen molar-refractivity contribution in [2.75, 3.05) is 10.2 Å². The molecule has 2 atom stereocenters. The molecule has 6 nitrogen and oxygen atoms in total. The number of thiazole rings is 1. The molecule has 2 aromatic carbocycles. The van der Waals surface area contributed by atoms with Gasteiger partial charge < -0.3 is 10.4 Å². The third-order valence-corrected chi connectivity index (χ3v) is 4.75. The van der Waals surface area contributed by atoms with E-state index >= 15 is 0 Å². The highest BCUT2D eigenvalue weighted by molar-refractivity contribution is 7.07. The number of hydrogen-bond acceptors (Lipinski definition) is 5. The van der Waals surface area contributed by atoms with Gasteiger partial charge in [-0.15, -0.1) is 11.3 Å². The zero-order valence-electron chi connectivity index (χ0n) is 14.4. The number of amides is 1. The van der Waals surface area contributed by atoms with Crippen molar-refractivity contribution in [3.05, 3.63) is 53.4 Å². The Hall–Kier alpha value is -2.93. The van der Waals surface area contributed by atoms with Crippen LogP contribution in [0, 0.1) is 0 Å². The van der Waals surface area contributed by atoms with Crippen molar-refractivity contribution in [1.29, 1.82) is 0 Å². The van der Waals surface area contributed by atoms with Crippen molar-refractivity contribution < 1.29 is 14.7 Å². The van der Waals surface area contributed by atoms with E-state index in [-0.39, 0.29) is 5.91 Å². The third-order valence-electron chi connectivity index (χ3n) is 4.18. The summed E-state index contributed by atoms with van der Waals surface area (Å²) in [7, 11) is 0. The SMILES string of the molecule is CC(C(=O)O)N(C(=O)[C@H](C)Nc1cccc2ccccc12)c1cscn1. The lowest BCUT2D eigenvalue weighted by Crippen LogP contribution is -2.49. The molecule has 0 saturated heterocycles. The minimum Gasteiger partial charge on any atom is -0.480 e. The van der Waals surface area contributed by atoms with Gasteiger partial charge >= 0.3 is 5.97 Å². The number of carbonyl (C=O) groups is 2. The van der Waals surface area contributed by atoms with Crippen LogP contribution in [0.3, 0.4) is 0 Å². The molecule has 0 bridgehead atoms. The highest BCUT2D eigenvalue weighted by atomic mass is 32.1. The number of carboxylic acids is 1. The molecule has 134 valence electrons. The lowest BCUT2D eigenvalue weighted by molar-refractivity contribution is -0.139. The summed E-state index contributed by atoms with van der Waals surface area (Å²) in [5.74, 6) is -1.08. The standard InChI is InChI=1S/C19H19N3O3S/c1-12(21-16-9-5-7-14-6-3-4-8-15(14)16)18(23)22(13(2)19(24)25)17-10-26-11-20-17/h3-13,21H,1-2H3,(H,24,25)/t12-,13?/m0/s1. The molecular formula is C19H19N3O3S. The van der Waals surface area contributed by atoms with Gasteiger partial charge in [0.25, 0.3) is 5.91 Å². The van der Waals surface area contributed by atoms with Crippen LogP contribution >= 0.6 is 11.3 Å². The van der Waals surface area contributed by atoms with Crippen LogP contribution in [0.5, 0.6) is 0 Å². The minimum atomic E-state index is -1.08. The van der Waals surface area contributed by atoms with Gasteiger partial charge in [0.05, 0.1) is 5.51 Å². The predicted molar refractivity (Wildman–Crippen MR) is 104 cm³/mol. The second kappa shape index (κ2) is 7.53. The number of aromatic nitrogens is 1. The first-order valence-corrected chi connectivity index (χ1v) is 9.11. The molecule has 26 heavy (non-hydrogen) atoms. The first kappa shape index (κ1) is 17.9. The fourth-order valence-corrected chi connectivity index (χ4v) is 3.32. The topological polar surface area (TPSA) is 82.5 Å². The average Bonchev–Trinajstić information content (AvgIpc) is 3.16. The maximum Gasteiger partial charge on any atom is 0.326 e. The Kier molecular flexibility index (Phi) is 5.18. The fourth-order valence-electron chi connectivity index (χ4n) is 2.79. The molecule has 0 spiro atoms. The van der Waals surface area contributed by atoms with Gasteiger partial charge in [0.15, 0.2) is 0 Å². The molecule has 1 unspecified atom stereocenters. The molecule has 1 aromatic heterocycles. The molecular weight excluding hydrogens is 350 g/mol. The lowest BCUT2D eigenvalue weighted by atomic mass is 10.1. The van der Waals surface area contributed by atoms with Crippen LogP contribution in [0.15, 0.2) is 53.4 Å². The summed E-state index contributed by atoms with van der Waals surface area (Å²) >= 11 is 1.31. The maximum absolute atomic E-state index is 13.0. The molecule has 0 aliphatic rings. The Morgan fingerprint density at radius 2 is 1.88 bits per heavy atom. The monoisotopic (exact) mass is 369 g/mol. The van der Waals surface area contributed by atoms with Crippen LogP contribution in [0.2, 0.25) is 0 Å². The Morgan fingerprint density at radius 1 is 1.15 bits per heavy atom. The summed E-state index contributed by atoms with van der Waals surface area (Å²) in [6, 6.07) is 12.1. The van der Waals surface area contributed by atoms with E-state index in [0.29, 0.717) is 5.82 Å². The number of carbonyl (C=O) groups excluding carboxylic acids is 1. The van der Waals surface area contributed by atoms with E-state index in [1.165, 1.54) is 23.2 Å². The zero-order chi connectivity index (χ0) is 18.7. The Labute approximate surface area is 155 Å². The van der Waals surface area contributed by atoms with Crippen LogP contribution < -0.4 is 10.2 Å². The summed E-state index contributed by atoms with van der Waals surface area (Å²) in [5, 5.41) is 16.3. The van der Waals surface area contributed by atoms with Crippen LogP contribution in [0.1, 0.15) is 13.8 Å². The Bertz CT molecular complexity index is 921. The molecule has 3 aromatic rings. The number of nitrogens with one attached hydrogen (secondary N) is 1. The van der Waals surface area contributed by atoms with Crippen molar-refractivity contribution in [2.24, 2.45) is 0 Å². The minimum absolute atomic E-state index is 0.348. The summed E-state index contributed by atoms with van der Waals surface area (Å²) in [4.78, 5) is 29.8. The molecule has 2 N–H and O–H groups in total. The number of anilines is 2. The van der Waals surface area contributed by atoms with E-state index in [9.17, 15) is 14.7 Å². The summed E-state index contributed by atoms with van der Waals surface area (Å²) in [6.07, 6.45) is 0. The van der Waals surface area contributed by atoms with Gasteiger partial charge in [0.1, 0.15) is 17.9 Å². The molecule has 0 saturated carbocycles. The maximum atomic E-state index is 13.0. The van der Waals surface area contributed by atoms with Crippen molar-refractivity contribution in [2.45, 2.75) is 25.9 Å². The number of nitrogens with zero attached hydrogens (tertiary/aromatic N) is 2. The van der Waals surface area contributed by atoms with Gasteiger partial charge in [0, 0.05) is 16.5 Å². The van der Waals surface area contributed by atoms with Gasteiger partial charge in [-0.2, -0.15) is 0 Å². The quantitative estimate of drug-likeness (QED) is 0.694. The summed E-state index contributed by atoms with van der Waals surface area (Å²) in [6.45, 7) is 3.20. The normalized spacial score (nSPS) is 13.2. The predicted octanol–water partition coefficient (Wildman–Crippen LogP) is 3.60. The molecule has 0 aliphatic carbocycles. The summed E-state index contributed by atoms with van der Waals surface area (Å²) in [5.41, 5.74) is 2.40. The average molecular weight is 369 g/mol. The van der Waals surface area contributed by atoms with Crippen LogP contribution in [-0.4, -0.2) is 34.1 Å². The number of hydrogen-bond donors (Lipinski definition) is 2. The second-order valence-electron chi connectivity index (χ2n) is 5.96. The van der Waals surface area contributed by atoms with Crippen molar-refractivity contribution in [1.82, 2.24) is 4.98 Å². The third kappa shape index (κ3) is 3.52. The first-order chi connectivity index (χ1) is 12.5. The van der Waals surface area contributed by atoms with E-state index in [1.807, 2.05) is 42.5 Å². The van der Waals surface area contributed by atoms with Crippen molar-refractivity contribution in [3.63, 3.8) is 0 Å². The van der Waals surface area contributed by atoms with Crippen molar-refractivity contribution >= 4 is 45.5 Å². The highest BCUT2D eigenvalue weighted by Crippen LogP contribution is 2.25. The second-order valence-corrected chi connectivity index (χ2v) is 6.68. The van der Waals surface area contributed by atoms with Crippen LogP contribution in [-0.2, 0) is 9.59 Å². The van der Waals surface area contributed by atoms with Crippen LogP contribution in [0.25, 0.3) is 10.8 Å². The van der Waals surface area contributed by atoms with Gasteiger partial charge in [-0.25, -0.2) is 9.78 Å². The molecule has 7 heteroatoms. The Morgan fingerprint density at radius 3 is 2.58 bits per heavy atom. The van der Waals surface area contributed by atoms with Gasteiger partial charge in [0.2, 0.25) is 0 Å². The molecule has 3 rings (SSSR count). The Balaban J connectivity index is 1.88. The van der Waals surface area contributed by atoms with E-state index in [2.05, 4.69) is 10.3 Å². The number of fused-ring (bicyclic) bond motifs is 1. The molecule has 1 amide bonds. The van der Waals surface area contributed by atoms with E-state index in [1.54, 1.807) is 17.8 Å². The van der Waals surface area contributed by atoms with E-state index in [0.717, 1.165) is 16.5 Å². The van der Waals surface area contributed by atoms with Crippen molar-refractivity contribution in [3.8, 4) is 0 Å². The number of carboxylic acid groups (broad SMARTS) is 1. The largest absolute Gasteiger partial charge is 0.480 e. The smallest absolute Gasteiger partial charge is 0.326 e. The first-order valence-electron chi connectivity index (χ1n) is 8.17. The lowest BCUT2D eigenvalue weighted by Gasteiger charge is -2.28. The number of benzene rings is 2. The van der Waals surface area contributed by atoms with Gasteiger partial charge in [-0.3, -0.25) is 9.69 Å². The number of rotatable bonds is 6. The highest BCUT2D eigenvalue weighted by Gasteiger charge is 2.31. The van der Waals surface area contributed by atoms with E-state index < -0.39 is 18.1 Å². The van der Waals surface area contributed by atoms with Gasteiger partial charge in [-0.1, -0.05) is 36.4 Å². The molecule has 1 heterocycles. The van der Waals surface area contributed by atoms with Gasteiger partial charge in [-0.05, 0) is 25.3 Å². The van der Waals surface area contributed by atoms with E-state index in [4.69, 9.17) is 0 Å². The number of aliphatic carboxylic acids is 1. The zero-order valence-corrected chi connectivity index (χ0v) is 15.2. The molecule has 0 aliphatic heterocycles. The molecule has 0 radical (unpaired) electrons.